The molecule has 5 nitrogen and oxygen atoms in total. The van der Waals surface area contributed by atoms with Crippen molar-refractivity contribution < 1.29 is 18.7 Å². The molecule has 1 aromatic heterocycles. The molecule has 0 bridgehead atoms. The highest BCUT2D eigenvalue weighted by Crippen LogP contribution is 2.37. The van der Waals surface area contributed by atoms with Crippen molar-refractivity contribution >= 4 is 34.1 Å². The normalized spacial score (nSPS) is 16.0. The van der Waals surface area contributed by atoms with Gasteiger partial charge in [0.2, 0.25) is 5.88 Å². The van der Waals surface area contributed by atoms with E-state index in [4.69, 9.17) is 16.3 Å². The summed E-state index contributed by atoms with van der Waals surface area (Å²) in [5.41, 5.74) is 1.23. The van der Waals surface area contributed by atoms with Crippen molar-refractivity contribution in [3.05, 3.63) is 64.2 Å². The third-order valence-electron chi connectivity index (χ3n) is 7.54. The van der Waals surface area contributed by atoms with E-state index in [9.17, 15) is 9.59 Å². The quantitative estimate of drug-likeness (QED) is 0.274. The van der Waals surface area contributed by atoms with Crippen LogP contribution in [0.5, 0.6) is 5.88 Å². The summed E-state index contributed by atoms with van der Waals surface area (Å²) in [6, 6.07) is 8.59. The Hall–Kier alpha value is -2.86. The predicted molar refractivity (Wildman–Crippen MR) is 148 cm³/mol. The van der Waals surface area contributed by atoms with E-state index in [1.54, 1.807) is 12.1 Å². The van der Waals surface area contributed by atoms with E-state index in [1.165, 1.54) is 12.4 Å². The number of nitrogens with zero attached hydrogens (tertiary/aromatic N) is 2. The van der Waals surface area contributed by atoms with Crippen molar-refractivity contribution in [1.82, 2.24) is 9.97 Å². The Morgan fingerprint density at radius 2 is 1.79 bits per heavy atom. The Bertz CT molecular complexity index is 1350. The molecule has 0 saturated heterocycles. The van der Waals surface area contributed by atoms with E-state index in [0.29, 0.717) is 27.9 Å². The fourth-order valence-electron chi connectivity index (χ4n) is 4.94. The van der Waals surface area contributed by atoms with E-state index in [1.807, 2.05) is 32.9 Å². The maximum atomic E-state index is 15.5. The molecule has 0 N–H and O–H groups in total. The Kier molecular flexibility index (Phi) is 8.22. The standard InChI is InChI=1S/C31H36ClFN2O3/c1-30(2,3)25(37)12-10-19-9-11-23(32)26(27(19)33)24(36)17-20-7-6-8-22-28(20)34-18-35-29(22)38-21-13-15-31(4,5)16-14-21/h6-9,11,18,21H,10,12-17H2,1-5H3. The lowest BCUT2D eigenvalue weighted by molar-refractivity contribution is -0.126. The molecular formula is C31H36ClFN2O3. The van der Waals surface area contributed by atoms with Crippen LogP contribution in [0.1, 0.15) is 88.2 Å². The highest BCUT2D eigenvalue weighted by atomic mass is 35.5. The molecule has 1 aliphatic carbocycles. The van der Waals surface area contributed by atoms with Crippen molar-refractivity contribution in [3.63, 3.8) is 0 Å². The van der Waals surface area contributed by atoms with E-state index in [0.717, 1.165) is 31.1 Å². The highest BCUT2D eigenvalue weighted by Gasteiger charge is 2.29. The second-order valence-electron chi connectivity index (χ2n) is 12.1. The number of aryl methyl sites for hydroxylation is 1. The molecule has 2 aromatic carbocycles. The average Bonchev–Trinajstić information content (AvgIpc) is 2.84. The first kappa shape index (κ1) is 28.2. The number of ether oxygens (including phenoxy) is 1. The van der Waals surface area contributed by atoms with Crippen molar-refractivity contribution in [2.45, 2.75) is 85.7 Å². The summed E-state index contributed by atoms with van der Waals surface area (Å²) in [5.74, 6) is -0.572. The van der Waals surface area contributed by atoms with Gasteiger partial charge in [0.15, 0.2) is 5.78 Å². The number of carbonyl (C=O) groups is 2. The average molecular weight is 539 g/mol. The zero-order valence-corrected chi connectivity index (χ0v) is 23.6. The number of carbonyl (C=O) groups excluding carboxylic acids is 2. The topological polar surface area (TPSA) is 69.2 Å². The second-order valence-corrected chi connectivity index (χ2v) is 12.5. The molecular weight excluding hydrogens is 503 g/mol. The molecule has 202 valence electrons. The molecule has 0 atom stereocenters. The van der Waals surface area contributed by atoms with Gasteiger partial charge < -0.3 is 4.74 Å². The smallest absolute Gasteiger partial charge is 0.224 e. The molecule has 0 radical (unpaired) electrons. The van der Waals surface area contributed by atoms with Crippen LogP contribution < -0.4 is 4.74 Å². The van der Waals surface area contributed by atoms with Crippen LogP contribution >= 0.6 is 11.6 Å². The number of hydrogen-bond donors (Lipinski definition) is 0. The minimum Gasteiger partial charge on any atom is -0.474 e. The Labute approximate surface area is 229 Å². The lowest BCUT2D eigenvalue weighted by Gasteiger charge is -2.34. The van der Waals surface area contributed by atoms with Crippen LogP contribution in [0.3, 0.4) is 0 Å². The van der Waals surface area contributed by atoms with Gasteiger partial charge in [0.25, 0.3) is 0 Å². The first-order valence-corrected chi connectivity index (χ1v) is 13.7. The molecule has 3 aromatic rings. The van der Waals surface area contributed by atoms with Crippen LogP contribution in [0.2, 0.25) is 5.02 Å². The van der Waals surface area contributed by atoms with Crippen molar-refractivity contribution in [3.8, 4) is 5.88 Å². The molecule has 0 aliphatic heterocycles. The van der Waals surface area contributed by atoms with Gasteiger partial charge in [0, 0.05) is 18.3 Å². The summed E-state index contributed by atoms with van der Waals surface area (Å²) in [7, 11) is 0. The molecule has 1 saturated carbocycles. The zero-order chi connectivity index (χ0) is 27.7. The van der Waals surface area contributed by atoms with Gasteiger partial charge in [0.05, 0.1) is 21.5 Å². The van der Waals surface area contributed by atoms with E-state index >= 15 is 4.39 Å². The number of ketones is 2. The third kappa shape index (κ3) is 6.40. The fourth-order valence-corrected chi connectivity index (χ4v) is 5.19. The largest absolute Gasteiger partial charge is 0.474 e. The van der Waals surface area contributed by atoms with Gasteiger partial charge in [-0.3, -0.25) is 9.59 Å². The molecule has 7 heteroatoms. The summed E-state index contributed by atoms with van der Waals surface area (Å²) < 4.78 is 21.8. The van der Waals surface area contributed by atoms with Crippen LogP contribution in [0.25, 0.3) is 10.9 Å². The molecule has 0 amide bonds. The number of rotatable bonds is 8. The molecule has 1 fully saturated rings. The molecule has 1 aliphatic rings. The van der Waals surface area contributed by atoms with Crippen LogP contribution in [-0.4, -0.2) is 27.6 Å². The molecule has 0 spiro atoms. The monoisotopic (exact) mass is 538 g/mol. The lowest BCUT2D eigenvalue weighted by Crippen LogP contribution is -2.28. The van der Waals surface area contributed by atoms with Gasteiger partial charge in [-0.05, 0) is 60.8 Å². The number of benzene rings is 2. The van der Waals surface area contributed by atoms with E-state index in [-0.39, 0.29) is 41.7 Å². The Morgan fingerprint density at radius 3 is 2.47 bits per heavy atom. The first-order chi connectivity index (χ1) is 17.9. The minimum absolute atomic E-state index is 0.0325. The molecule has 1 heterocycles. The number of fused-ring (bicyclic) bond motifs is 1. The lowest BCUT2D eigenvalue weighted by atomic mass is 9.76. The van der Waals surface area contributed by atoms with Crippen molar-refractivity contribution in [2.75, 3.05) is 0 Å². The number of Topliss-reactive ketones (excluding diaryl/α,β-unsaturated/α-hetero) is 2. The highest BCUT2D eigenvalue weighted by molar-refractivity contribution is 6.34. The zero-order valence-electron chi connectivity index (χ0n) is 22.9. The maximum absolute atomic E-state index is 15.5. The van der Waals surface area contributed by atoms with Crippen molar-refractivity contribution in [1.29, 1.82) is 0 Å². The maximum Gasteiger partial charge on any atom is 0.224 e. The van der Waals surface area contributed by atoms with Crippen LogP contribution in [0.4, 0.5) is 4.39 Å². The van der Waals surface area contributed by atoms with Gasteiger partial charge in [0.1, 0.15) is 24.0 Å². The van der Waals surface area contributed by atoms with Gasteiger partial charge in [-0.2, -0.15) is 0 Å². The summed E-state index contributed by atoms with van der Waals surface area (Å²) in [4.78, 5) is 34.5. The second kappa shape index (κ2) is 11.1. The van der Waals surface area contributed by atoms with Crippen molar-refractivity contribution in [2.24, 2.45) is 10.8 Å². The first-order valence-electron chi connectivity index (χ1n) is 13.3. The van der Waals surface area contributed by atoms with Gasteiger partial charge >= 0.3 is 0 Å². The predicted octanol–water partition coefficient (Wildman–Crippen LogP) is 7.74. The molecule has 4 rings (SSSR count). The van der Waals surface area contributed by atoms with Crippen LogP contribution in [0.15, 0.2) is 36.7 Å². The number of halogens is 2. The number of aromatic nitrogens is 2. The SMILES string of the molecule is CC1(C)CCC(Oc2ncnc3c(CC(=O)c4c(Cl)ccc(CCC(=O)C(C)(C)C)c4F)cccc23)CC1. The molecule has 0 unspecified atom stereocenters. The van der Waals surface area contributed by atoms with Crippen LogP contribution in [0, 0.1) is 16.6 Å². The number of hydrogen-bond acceptors (Lipinski definition) is 5. The Morgan fingerprint density at radius 1 is 1.08 bits per heavy atom. The van der Waals surface area contributed by atoms with Gasteiger partial charge in [-0.25, -0.2) is 14.4 Å². The van der Waals surface area contributed by atoms with Crippen LogP contribution in [-0.2, 0) is 17.6 Å². The third-order valence-corrected chi connectivity index (χ3v) is 7.85. The Balaban J connectivity index is 1.56. The molecule has 38 heavy (non-hydrogen) atoms. The van der Waals surface area contributed by atoms with E-state index < -0.39 is 17.0 Å². The van der Waals surface area contributed by atoms with Gasteiger partial charge in [-0.15, -0.1) is 0 Å². The summed E-state index contributed by atoms with van der Waals surface area (Å²) in [6.07, 6.45) is 5.97. The fraction of sp³-hybridized carbons (Fsp3) is 0.484. The number of para-hydroxylation sites is 1. The summed E-state index contributed by atoms with van der Waals surface area (Å²) >= 11 is 6.30. The summed E-state index contributed by atoms with van der Waals surface area (Å²) in [6.45, 7) is 10.1. The summed E-state index contributed by atoms with van der Waals surface area (Å²) in [5, 5.41) is 0.779. The van der Waals surface area contributed by atoms with Gasteiger partial charge in [-0.1, -0.05) is 64.4 Å². The minimum atomic E-state index is -0.664. The van der Waals surface area contributed by atoms with E-state index in [2.05, 4.69) is 23.8 Å².